The van der Waals surface area contributed by atoms with Gasteiger partial charge in [-0.1, -0.05) is 72.1 Å². The second-order valence-electron chi connectivity index (χ2n) is 10.8. The van der Waals surface area contributed by atoms with Gasteiger partial charge in [-0.2, -0.15) is 0 Å². The molecule has 0 aromatic carbocycles. The number of unbranched alkanes of at least 4 members (excludes halogenated alkanes) is 7. The van der Waals surface area contributed by atoms with Crippen LogP contribution in [0.1, 0.15) is 85.0 Å². The van der Waals surface area contributed by atoms with Crippen molar-refractivity contribution in [2.45, 2.75) is 91.1 Å². The van der Waals surface area contributed by atoms with Crippen molar-refractivity contribution < 1.29 is 47.7 Å². The summed E-state index contributed by atoms with van der Waals surface area (Å²) in [6, 6.07) is 0. The van der Waals surface area contributed by atoms with Gasteiger partial charge in [-0.05, 0) is 18.8 Å². The maximum atomic E-state index is 8.58. The number of hydrogen-bond acceptors (Lipinski definition) is 10. The normalized spacial score (nSPS) is 13.1. The molecule has 10 nitrogen and oxygen atoms in total. The van der Waals surface area contributed by atoms with Crippen LogP contribution in [0, 0.1) is 5.92 Å². The van der Waals surface area contributed by atoms with Crippen LogP contribution >= 0.6 is 0 Å². The molecule has 0 fully saturated rings. The molecule has 0 heterocycles. The first-order valence-corrected chi connectivity index (χ1v) is 17.1. The van der Waals surface area contributed by atoms with E-state index >= 15 is 0 Å². The van der Waals surface area contributed by atoms with E-state index in [1.165, 1.54) is 57.8 Å². The first kappa shape index (κ1) is 42.6. The average Bonchev–Trinajstić information content (AvgIpc) is 3.02. The van der Waals surface area contributed by atoms with Gasteiger partial charge in [0, 0.05) is 6.61 Å². The minimum absolute atomic E-state index is 0.0318. The SMILES string of the molecule is CCCCCCCCCCC(C)COC(CC)COCCOCCOCCOCCOCCOCCOCCOCCO. The predicted octanol–water partition coefficient (Wildman–Crippen LogP) is 5.07. The molecular weight excluding hydrogens is 556 g/mol. The third-order valence-corrected chi connectivity index (χ3v) is 6.77. The summed E-state index contributed by atoms with van der Waals surface area (Å²) in [4.78, 5) is 0. The summed E-state index contributed by atoms with van der Waals surface area (Å²) in [5.74, 6) is 0.606. The maximum Gasteiger partial charge on any atom is 0.0806 e. The van der Waals surface area contributed by atoms with E-state index < -0.39 is 0 Å². The molecule has 260 valence electrons. The lowest BCUT2D eigenvalue weighted by Crippen LogP contribution is -2.23. The summed E-state index contributed by atoms with van der Waals surface area (Å²) >= 11 is 0. The highest BCUT2D eigenvalue weighted by atomic mass is 16.6. The highest BCUT2D eigenvalue weighted by Crippen LogP contribution is 2.14. The van der Waals surface area contributed by atoms with Crippen LogP contribution in [0.25, 0.3) is 0 Å². The molecule has 0 aliphatic carbocycles. The monoisotopic (exact) mass is 624 g/mol. The van der Waals surface area contributed by atoms with E-state index in [0.29, 0.717) is 112 Å². The summed E-state index contributed by atoms with van der Waals surface area (Å²) < 4.78 is 49.8. The van der Waals surface area contributed by atoms with Crippen molar-refractivity contribution in [3.63, 3.8) is 0 Å². The van der Waals surface area contributed by atoms with Gasteiger partial charge in [0.15, 0.2) is 0 Å². The van der Waals surface area contributed by atoms with Crippen LogP contribution in [0.2, 0.25) is 0 Å². The van der Waals surface area contributed by atoms with Gasteiger partial charge in [0.1, 0.15) is 0 Å². The molecule has 10 heteroatoms. The van der Waals surface area contributed by atoms with Crippen molar-refractivity contribution in [3.8, 4) is 0 Å². The quantitative estimate of drug-likeness (QED) is 0.0937. The Hall–Kier alpha value is -0.400. The molecule has 0 aromatic heterocycles. The topological polar surface area (TPSA) is 103 Å². The molecule has 0 rings (SSSR count). The van der Waals surface area contributed by atoms with E-state index in [2.05, 4.69) is 20.8 Å². The van der Waals surface area contributed by atoms with Gasteiger partial charge in [0.05, 0.1) is 118 Å². The summed E-state index contributed by atoms with van der Waals surface area (Å²) in [5, 5.41) is 8.58. The summed E-state index contributed by atoms with van der Waals surface area (Å²) in [6.07, 6.45) is 13.3. The first-order chi connectivity index (χ1) is 21.2. The first-order valence-electron chi connectivity index (χ1n) is 17.1. The van der Waals surface area contributed by atoms with Crippen molar-refractivity contribution in [2.75, 3.05) is 119 Å². The van der Waals surface area contributed by atoms with Crippen LogP contribution in [0.4, 0.5) is 0 Å². The maximum absolute atomic E-state index is 8.58. The molecule has 0 bridgehead atoms. The van der Waals surface area contributed by atoms with Gasteiger partial charge in [0.25, 0.3) is 0 Å². The van der Waals surface area contributed by atoms with E-state index in [0.717, 1.165) is 13.0 Å². The molecule has 1 N–H and O–H groups in total. The van der Waals surface area contributed by atoms with Crippen LogP contribution in [0.3, 0.4) is 0 Å². The van der Waals surface area contributed by atoms with Gasteiger partial charge >= 0.3 is 0 Å². The predicted molar refractivity (Wildman–Crippen MR) is 170 cm³/mol. The molecule has 2 unspecified atom stereocenters. The standard InChI is InChI=1S/C33H68O10/c1-4-6-7-8-9-10-11-12-13-32(3)30-43-33(5-2)31-42-29-28-41-27-26-40-25-24-39-23-22-38-21-20-37-19-18-36-17-16-35-15-14-34/h32-34H,4-31H2,1-3H3. The highest BCUT2D eigenvalue weighted by molar-refractivity contribution is 4.58. The zero-order chi connectivity index (χ0) is 31.3. The van der Waals surface area contributed by atoms with Crippen molar-refractivity contribution in [3.05, 3.63) is 0 Å². The van der Waals surface area contributed by atoms with Crippen molar-refractivity contribution >= 4 is 0 Å². The van der Waals surface area contributed by atoms with E-state index in [1.54, 1.807) is 0 Å². The number of aliphatic hydroxyl groups excluding tert-OH is 1. The summed E-state index contributed by atoms with van der Waals surface area (Å²) in [5.41, 5.74) is 0. The van der Waals surface area contributed by atoms with E-state index in [4.69, 9.17) is 47.7 Å². The molecule has 0 radical (unpaired) electrons. The molecule has 0 aromatic rings. The Morgan fingerprint density at radius 1 is 0.442 bits per heavy atom. The summed E-state index contributed by atoms with van der Waals surface area (Å²) in [7, 11) is 0. The zero-order valence-corrected chi connectivity index (χ0v) is 28.1. The van der Waals surface area contributed by atoms with Gasteiger partial charge in [-0.25, -0.2) is 0 Å². The van der Waals surface area contributed by atoms with Crippen molar-refractivity contribution in [2.24, 2.45) is 5.92 Å². The van der Waals surface area contributed by atoms with E-state index in [1.807, 2.05) is 0 Å². The van der Waals surface area contributed by atoms with E-state index in [9.17, 15) is 0 Å². The Labute approximate surface area is 263 Å². The Kier molecular flexibility index (Phi) is 37.4. The number of aliphatic hydroxyl groups is 1. The van der Waals surface area contributed by atoms with Crippen molar-refractivity contribution in [1.82, 2.24) is 0 Å². The molecule has 0 saturated heterocycles. The van der Waals surface area contributed by atoms with Gasteiger partial charge in [0.2, 0.25) is 0 Å². The van der Waals surface area contributed by atoms with Crippen LogP contribution < -0.4 is 0 Å². The Balaban J connectivity index is 3.29. The minimum atomic E-state index is 0.0318. The fourth-order valence-electron chi connectivity index (χ4n) is 4.11. The molecule has 2 atom stereocenters. The fraction of sp³-hybridized carbons (Fsp3) is 1.00. The number of rotatable bonds is 38. The minimum Gasteiger partial charge on any atom is -0.394 e. The largest absolute Gasteiger partial charge is 0.394 e. The average molecular weight is 625 g/mol. The lowest BCUT2D eigenvalue weighted by Gasteiger charge is -2.19. The molecule has 43 heavy (non-hydrogen) atoms. The highest BCUT2D eigenvalue weighted by Gasteiger charge is 2.10. The lowest BCUT2D eigenvalue weighted by atomic mass is 10.0. The molecular formula is C33H68O10. The Bertz CT molecular complexity index is 500. The van der Waals surface area contributed by atoms with Crippen LogP contribution in [0.15, 0.2) is 0 Å². The van der Waals surface area contributed by atoms with Gasteiger partial charge in [-0.15, -0.1) is 0 Å². The Morgan fingerprint density at radius 3 is 1.21 bits per heavy atom. The smallest absolute Gasteiger partial charge is 0.0806 e. The van der Waals surface area contributed by atoms with Gasteiger partial charge < -0.3 is 47.7 Å². The van der Waals surface area contributed by atoms with Gasteiger partial charge in [-0.3, -0.25) is 0 Å². The third-order valence-electron chi connectivity index (χ3n) is 6.77. The third kappa shape index (κ3) is 35.9. The second kappa shape index (κ2) is 37.8. The fourth-order valence-corrected chi connectivity index (χ4v) is 4.11. The zero-order valence-electron chi connectivity index (χ0n) is 28.1. The summed E-state index contributed by atoms with van der Waals surface area (Å²) in [6.45, 7) is 15.9. The number of ether oxygens (including phenoxy) is 9. The van der Waals surface area contributed by atoms with Crippen LogP contribution in [-0.2, 0) is 42.6 Å². The van der Waals surface area contributed by atoms with E-state index in [-0.39, 0.29) is 12.7 Å². The van der Waals surface area contributed by atoms with Crippen LogP contribution in [0.5, 0.6) is 0 Å². The van der Waals surface area contributed by atoms with Crippen LogP contribution in [-0.4, -0.2) is 130 Å². The second-order valence-corrected chi connectivity index (χ2v) is 10.8. The molecule has 0 aliphatic rings. The van der Waals surface area contributed by atoms with Crippen molar-refractivity contribution in [1.29, 1.82) is 0 Å². The molecule has 0 aliphatic heterocycles. The molecule has 0 amide bonds. The Morgan fingerprint density at radius 2 is 0.814 bits per heavy atom. The molecule has 0 spiro atoms. The lowest BCUT2D eigenvalue weighted by molar-refractivity contribution is -0.0472. The molecule has 0 saturated carbocycles. The number of hydrogen-bond donors (Lipinski definition) is 1.